The van der Waals surface area contributed by atoms with Crippen LogP contribution in [0.5, 0.6) is 0 Å². The van der Waals surface area contributed by atoms with Crippen LogP contribution in [-0.2, 0) is 24.9 Å². The first kappa shape index (κ1) is 18.5. The highest BCUT2D eigenvalue weighted by atomic mass is 35.5. The molecule has 1 aliphatic rings. The van der Waals surface area contributed by atoms with Gasteiger partial charge in [0, 0.05) is 0 Å². The Bertz CT molecular complexity index is 791. The minimum atomic E-state index is -3.27. The van der Waals surface area contributed by atoms with Crippen molar-refractivity contribution >= 4 is 36.3 Å². The second-order valence-corrected chi connectivity index (χ2v) is 8.14. The third kappa shape index (κ3) is 3.80. The van der Waals surface area contributed by atoms with Crippen molar-refractivity contribution < 1.29 is 18.3 Å². The first-order valence-electron chi connectivity index (χ1n) is 8.15. The van der Waals surface area contributed by atoms with E-state index in [4.69, 9.17) is 31.1 Å². The number of nitrogen functional groups attached to an aromatic ring is 1. The van der Waals surface area contributed by atoms with Crippen LogP contribution in [0.3, 0.4) is 0 Å². The number of rotatable bonds is 7. The fraction of sp³-hybridized carbons (Fsp3) is 0.643. The average Bonchev–Trinajstić information content (AvgIpc) is 3.16. The molecule has 2 atom stereocenters. The van der Waals surface area contributed by atoms with E-state index in [1.165, 1.54) is 0 Å². The molecular formula is C14H21ClN5O4P. The largest absolute Gasteiger partial charge is 0.368 e. The van der Waals surface area contributed by atoms with Gasteiger partial charge in [0.1, 0.15) is 5.52 Å². The van der Waals surface area contributed by atoms with Crippen LogP contribution in [0, 0.1) is 0 Å². The quantitative estimate of drug-likeness (QED) is 0.567. The number of halogens is 1. The molecule has 0 radical (unpaired) electrons. The van der Waals surface area contributed by atoms with Crippen molar-refractivity contribution in [2.75, 3.05) is 18.9 Å². The highest BCUT2D eigenvalue weighted by Crippen LogP contribution is 2.57. The van der Waals surface area contributed by atoms with Crippen molar-refractivity contribution in [3.8, 4) is 0 Å². The molecule has 2 aromatic heterocycles. The van der Waals surface area contributed by atoms with Gasteiger partial charge in [-0.1, -0.05) is 11.6 Å². The molecule has 9 nitrogen and oxygen atoms in total. The second-order valence-electron chi connectivity index (χ2n) is 5.61. The summed E-state index contributed by atoms with van der Waals surface area (Å²) in [7, 11) is -3.27. The summed E-state index contributed by atoms with van der Waals surface area (Å²) in [4.78, 5) is 12.3. The molecule has 138 valence electrons. The molecule has 25 heavy (non-hydrogen) atoms. The molecule has 1 saturated heterocycles. The summed E-state index contributed by atoms with van der Waals surface area (Å²) in [6.45, 7) is 4.66. The lowest BCUT2D eigenvalue weighted by atomic mass is 10.2. The van der Waals surface area contributed by atoms with Crippen LogP contribution in [0.4, 0.5) is 5.95 Å². The Kier molecular flexibility index (Phi) is 5.60. The molecule has 0 spiro atoms. The van der Waals surface area contributed by atoms with Gasteiger partial charge in [-0.3, -0.25) is 4.57 Å². The minimum Gasteiger partial charge on any atom is -0.368 e. The van der Waals surface area contributed by atoms with E-state index in [0.717, 1.165) is 6.42 Å². The summed E-state index contributed by atoms with van der Waals surface area (Å²) in [6.07, 6.45) is 2.79. The number of fused-ring (bicyclic) bond motifs is 1. The number of anilines is 1. The first-order valence-corrected chi connectivity index (χ1v) is 10.1. The van der Waals surface area contributed by atoms with Crippen molar-refractivity contribution in [2.45, 2.75) is 45.2 Å². The number of aromatic nitrogens is 4. The van der Waals surface area contributed by atoms with Crippen LogP contribution in [0.1, 0.15) is 26.7 Å². The van der Waals surface area contributed by atoms with E-state index in [2.05, 4.69) is 15.0 Å². The predicted molar refractivity (Wildman–Crippen MR) is 93.5 cm³/mol. The number of ether oxygens (including phenoxy) is 1. The maximum Gasteiger partial charge on any atom is 0.359 e. The summed E-state index contributed by atoms with van der Waals surface area (Å²) < 4.78 is 31.3. The fourth-order valence-corrected chi connectivity index (χ4v) is 5.03. The molecule has 0 saturated carbocycles. The molecule has 0 bridgehead atoms. The Labute approximate surface area is 150 Å². The normalized spacial score (nSPS) is 21.2. The molecule has 2 N–H and O–H groups in total. The molecular weight excluding hydrogens is 369 g/mol. The lowest BCUT2D eigenvalue weighted by Crippen LogP contribution is -2.19. The smallest absolute Gasteiger partial charge is 0.359 e. The molecule has 1 fully saturated rings. The van der Waals surface area contributed by atoms with E-state index in [0.29, 0.717) is 37.3 Å². The Morgan fingerprint density at radius 1 is 1.36 bits per heavy atom. The summed E-state index contributed by atoms with van der Waals surface area (Å²) in [5, 5.41) is 0.212. The van der Waals surface area contributed by atoms with E-state index in [-0.39, 0.29) is 17.2 Å². The van der Waals surface area contributed by atoms with Crippen molar-refractivity contribution in [1.29, 1.82) is 0 Å². The van der Waals surface area contributed by atoms with Crippen LogP contribution in [0.2, 0.25) is 5.15 Å². The van der Waals surface area contributed by atoms with Crippen molar-refractivity contribution in [3.63, 3.8) is 0 Å². The third-order valence-corrected chi connectivity index (χ3v) is 6.48. The Hall–Kier alpha value is -1.25. The van der Waals surface area contributed by atoms with E-state index in [9.17, 15) is 4.57 Å². The summed E-state index contributed by atoms with van der Waals surface area (Å²) in [5.41, 5.74) is 6.69. The first-order chi connectivity index (χ1) is 12.0. The summed E-state index contributed by atoms with van der Waals surface area (Å²) >= 11 is 6.04. The van der Waals surface area contributed by atoms with E-state index >= 15 is 0 Å². The zero-order valence-corrected chi connectivity index (χ0v) is 15.7. The zero-order valence-electron chi connectivity index (χ0n) is 14.1. The van der Waals surface area contributed by atoms with Crippen molar-refractivity contribution in [3.05, 3.63) is 11.5 Å². The number of imidazole rings is 1. The monoisotopic (exact) mass is 389 g/mol. The summed E-state index contributed by atoms with van der Waals surface area (Å²) in [5.74, 6) is -0.475. The number of hydrogen-bond donors (Lipinski definition) is 1. The molecule has 0 amide bonds. The average molecular weight is 390 g/mol. The lowest BCUT2D eigenvalue weighted by Gasteiger charge is -2.23. The van der Waals surface area contributed by atoms with Gasteiger partial charge in [-0.25, -0.2) is 4.98 Å². The zero-order chi connectivity index (χ0) is 18.0. The predicted octanol–water partition coefficient (Wildman–Crippen LogP) is 2.83. The van der Waals surface area contributed by atoms with E-state index in [1.54, 1.807) is 24.7 Å². The van der Waals surface area contributed by atoms with Gasteiger partial charge >= 0.3 is 7.60 Å². The molecule has 0 aliphatic carbocycles. The van der Waals surface area contributed by atoms with Gasteiger partial charge in [0.2, 0.25) is 5.95 Å². The van der Waals surface area contributed by atoms with Crippen LogP contribution in [0.25, 0.3) is 11.2 Å². The summed E-state index contributed by atoms with van der Waals surface area (Å²) in [6, 6.07) is 0. The van der Waals surface area contributed by atoms with Gasteiger partial charge in [0.05, 0.1) is 32.2 Å². The standard InChI is InChI=1S/C14H21ClN5O4P/c1-3-22-25(21,23-4-2)10-6-5-9(24-10)7-20-8-17-11-12(15)18-14(16)19-13(11)20/h8-10H,3-7H2,1-2H3,(H2,16,18,19). The van der Waals surface area contributed by atoms with E-state index < -0.39 is 13.4 Å². The maximum atomic E-state index is 12.8. The van der Waals surface area contributed by atoms with Crippen molar-refractivity contribution in [2.24, 2.45) is 0 Å². The van der Waals surface area contributed by atoms with Crippen LogP contribution < -0.4 is 5.73 Å². The molecule has 3 rings (SSSR count). The molecule has 11 heteroatoms. The highest BCUT2D eigenvalue weighted by molar-refractivity contribution is 7.54. The van der Waals surface area contributed by atoms with Crippen LogP contribution >= 0.6 is 19.2 Å². The van der Waals surface area contributed by atoms with Gasteiger partial charge < -0.3 is 24.1 Å². The molecule has 2 aromatic rings. The highest BCUT2D eigenvalue weighted by Gasteiger charge is 2.42. The van der Waals surface area contributed by atoms with Gasteiger partial charge in [-0.15, -0.1) is 0 Å². The van der Waals surface area contributed by atoms with E-state index in [1.807, 2.05) is 0 Å². The molecule has 0 aromatic carbocycles. The SMILES string of the molecule is CCOP(=O)(OCC)C1CCC(Cn2cnc3c(Cl)nc(N)nc32)O1. The van der Waals surface area contributed by atoms with Crippen molar-refractivity contribution in [1.82, 2.24) is 19.5 Å². The number of nitrogens with two attached hydrogens (primary N) is 1. The van der Waals surface area contributed by atoms with Gasteiger partial charge in [-0.2, -0.15) is 9.97 Å². The maximum absolute atomic E-state index is 12.8. The minimum absolute atomic E-state index is 0.0849. The van der Waals surface area contributed by atoms with Crippen LogP contribution in [0.15, 0.2) is 6.33 Å². The Morgan fingerprint density at radius 3 is 2.76 bits per heavy atom. The van der Waals surface area contributed by atoms with Gasteiger partial charge in [-0.05, 0) is 26.7 Å². The molecule has 3 heterocycles. The molecule has 2 unspecified atom stereocenters. The van der Waals surface area contributed by atoms with Crippen LogP contribution in [-0.4, -0.2) is 44.7 Å². The molecule has 1 aliphatic heterocycles. The van der Waals surface area contributed by atoms with Gasteiger partial charge in [0.15, 0.2) is 16.6 Å². The number of hydrogen-bond acceptors (Lipinski definition) is 8. The topological polar surface area (TPSA) is 114 Å². The lowest BCUT2D eigenvalue weighted by molar-refractivity contribution is 0.0520. The fourth-order valence-electron chi connectivity index (χ4n) is 2.90. The number of nitrogens with zero attached hydrogens (tertiary/aromatic N) is 4. The van der Waals surface area contributed by atoms with Gasteiger partial charge in [0.25, 0.3) is 0 Å². The Morgan fingerprint density at radius 2 is 2.08 bits per heavy atom. The second kappa shape index (κ2) is 7.55. The Balaban J connectivity index is 1.74. The third-order valence-electron chi connectivity index (χ3n) is 3.89.